The number of ether oxygens (including phenoxy) is 1. The molecule has 0 amide bonds. The lowest BCUT2D eigenvalue weighted by Crippen LogP contribution is -2.21. The van der Waals surface area contributed by atoms with E-state index in [9.17, 15) is 31.1 Å². The maximum Gasteiger partial charge on any atom is 0.422 e. The van der Waals surface area contributed by atoms with E-state index < -0.39 is 35.8 Å². The van der Waals surface area contributed by atoms with E-state index in [0.29, 0.717) is 6.07 Å². The summed E-state index contributed by atoms with van der Waals surface area (Å²) < 4.78 is 77.3. The van der Waals surface area contributed by atoms with Gasteiger partial charge in [0.15, 0.2) is 12.9 Å². The first-order valence-electron chi connectivity index (χ1n) is 4.50. The molecule has 1 aromatic rings. The average Bonchev–Trinajstić information content (AvgIpc) is 2.23. The normalized spacial score (nSPS) is 12.3. The molecular weight excluding hydrogens is 266 g/mol. The Morgan fingerprint density at radius 1 is 1.11 bits per heavy atom. The topological polar surface area (TPSA) is 26.3 Å². The molecule has 0 atom stereocenters. The molecule has 0 spiro atoms. The SMILES string of the molecule is O=Cc1cccc(C(F)(F)F)c1OCC(F)(F)F. The Labute approximate surface area is 97.2 Å². The van der Waals surface area contributed by atoms with Crippen molar-refractivity contribution in [3.63, 3.8) is 0 Å². The monoisotopic (exact) mass is 272 g/mol. The van der Waals surface area contributed by atoms with Crippen LogP contribution in [0.4, 0.5) is 26.3 Å². The molecule has 0 saturated heterocycles. The maximum atomic E-state index is 12.5. The summed E-state index contributed by atoms with van der Waals surface area (Å²) in [7, 11) is 0. The number of benzene rings is 1. The third-order valence-corrected chi connectivity index (χ3v) is 1.86. The van der Waals surface area contributed by atoms with E-state index in [4.69, 9.17) is 0 Å². The number of aldehydes is 1. The van der Waals surface area contributed by atoms with Gasteiger partial charge in [0.05, 0.1) is 11.1 Å². The van der Waals surface area contributed by atoms with E-state index in [-0.39, 0.29) is 6.29 Å². The highest BCUT2D eigenvalue weighted by Crippen LogP contribution is 2.38. The van der Waals surface area contributed by atoms with Gasteiger partial charge >= 0.3 is 12.4 Å². The molecule has 0 aliphatic rings. The summed E-state index contributed by atoms with van der Waals surface area (Å²) in [6.45, 7) is -1.90. The predicted octanol–water partition coefficient (Wildman–Crippen LogP) is 3.46. The first-order valence-corrected chi connectivity index (χ1v) is 4.50. The van der Waals surface area contributed by atoms with Gasteiger partial charge in [0.25, 0.3) is 0 Å². The first kappa shape index (κ1) is 14.3. The van der Waals surface area contributed by atoms with Crippen molar-refractivity contribution in [2.45, 2.75) is 12.4 Å². The van der Waals surface area contributed by atoms with Crippen molar-refractivity contribution in [3.8, 4) is 5.75 Å². The van der Waals surface area contributed by atoms with Gasteiger partial charge in [-0.3, -0.25) is 4.79 Å². The Bertz CT molecular complexity index is 435. The number of carbonyl (C=O) groups excluding carboxylic acids is 1. The maximum absolute atomic E-state index is 12.5. The van der Waals surface area contributed by atoms with Crippen LogP contribution < -0.4 is 4.74 Å². The first-order chi connectivity index (χ1) is 8.15. The van der Waals surface area contributed by atoms with Crippen LogP contribution in [0.3, 0.4) is 0 Å². The van der Waals surface area contributed by atoms with Gasteiger partial charge in [-0.1, -0.05) is 6.07 Å². The van der Waals surface area contributed by atoms with Crippen LogP contribution in [-0.4, -0.2) is 19.1 Å². The van der Waals surface area contributed by atoms with Crippen LogP contribution in [-0.2, 0) is 6.18 Å². The van der Waals surface area contributed by atoms with Crippen molar-refractivity contribution in [1.29, 1.82) is 0 Å². The molecule has 8 heteroatoms. The van der Waals surface area contributed by atoms with Gasteiger partial charge < -0.3 is 4.74 Å². The van der Waals surface area contributed by atoms with E-state index >= 15 is 0 Å². The number of halogens is 6. The number of para-hydroxylation sites is 1. The number of rotatable bonds is 3. The number of hydrogen-bond donors (Lipinski definition) is 0. The van der Waals surface area contributed by atoms with E-state index in [1.165, 1.54) is 0 Å². The third-order valence-electron chi connectivity index (χ3n) is 1.86. The minimum Gasteiger partial charge on any atom is -0.483 e. The smallest absolute Gasteiger partial charge is 0.422 e. The van der Waals surface area contributed by atoms with E-state index in [1.54, 1.807) is 0 Å². The standard InChI is InChI=1S/C10H6F6O2/c11-9(12,13)5-18-8-6(4-17)2-1-3-7(8)10(14,15)16/h1-4H,5H2. The van der Waals surface area contributed by atoms with Crippen LogP contribution in [0.1, 0.15) is 15.9 Å². The molecule has 0 aromatic heterocycles. The molecule has 0 saturated carbocycles. The fourth-order valence-electron chi connectivity index (χ4n) is 1.19. The second-order valence-corrected chi connectivity index (χ2v) is 3.24. The fraction of sp³-hybridized carbons (Fsp3) is 0.300. The molecular formula is C10H6F6O2. The number of carbonyl (C=O) groups is 1. The van der Waals surface area contributed by atoms with Gasteiger partial charge in [0, 0.05) is 0 Å². The molecule has 0 aliphatic carbocycles. The number of alkyl halides is 6. The highest BCUT2D eigenvalue weighted by Gasteiger charge is 2.37. The van der Waals surface area contributed by atoms with Crippen molar-refractivity contribution in [3.05, 3.63) is 29.3 Å². The zero-order valence-electron chi connectivity index (χ0n) is 8.60. The Morgan fingerprint density at radius 3 is 2.17 bits per heavy atom. The summed E-state index contributed by atoms with van der Waals surface area (Å²) in [5.74, 6) is -1.11. The molecule has 0 radical (unpaired) electrons. The van der Waals surface area contributed by atoms with Gasteiger partial charge in [0.1, 0.15) is 5.75 Å². The van der Waals surface area contributed by atoms with Crippen LogP contribution in [0.15, 0.2) is 18.2 Å². The Hall–Kier alpha value is -1.73. The Kier molecular flexibility index (Phi) is 3.88. The van der Waals surface area contributed by atoms with E-state index in [0.717, 1.165) is 12.1 Å². The zero-order valence-corrected chi connectivity index (χ0v) is 8.60. The summed E-state index contributed by atoms with van der Waals surface area (Å²) in [5.41, 5.74) is -2.01. The molecule has 0 fully saturated rings. The van der Waals surface area contributed by atoms with Crippen LogP contribution in [0.25, 0.3) is 0 Å². The molecule has 0 aliphatic heterocycles. The lowest BCUT2D eigenvalue weighted by atomic mass is 10.1. The van der Waals surface area contributed by atoms with Crippen molar-refractivity contribution in [2.75, 3.05) is 6.61 Å². The minimum absolute atomic E-state index is 0.000940. The van der Waals surface area contributed by atoms with Crippen molar-refractivity contribution in [2.24, 2.45) is 0 Å². The summed E-state index contributed by atoms with van der Waals surface area (Å²) in [6, 6.07) is 2.39. The van der Waals surface area contributed by atoms with Gasteiger partial charge in [-0.2, -0.15) is 26.3 Å². The highest BCUT2D eigenvalue weighted by molar-refractivity contribution is 5.80. The molecule has 0 bridgehead atoms. The van der Waals surface area contributed by atoms with Gasteiger partial charge in [0.2, 0.25) is 0 Å². The molecule has 0 unspecified atom stereocenters. The fourth-order valence-corrected chi connectivity index (χ4v) is 1.19. The van der Waals surface area contributed by atoms with E-state index in [2.05, 4.69) is 4.74 Å². The summed E-state index contributed by atoms with van der Waals surface area (Å²) in [5, 5.41) is 0. The van der Waals surface area contributed by atoms with Crippen molar-refractivity contribution < 1.29 is 35.9 Å². The molecule has 0 N–H and O–H groups in total. The van der Waals surface area contributed by atoms with Crippen LogP contribution in [0.5, 0.6) is 5.75 Å². The van der Waals surface area contributed by atoms with Crippen molar-refractivity contribution >= 4 is 6.29 Å². The molecule has 1 aromatic carbocycles. The van der Waals surface area contributed by atoms with Crippen LogP contribution in [0, 0.1) is 0 Å². The van der Waals surface area contributed by atoms with Crippen LogP contribution in [0.2, 0.25) is 0 Å². The summed E-state index contributed by atoms with van der Waals surface area (Å²) >= 11 is 0. The summed E-state index contributed by atoms with van der Waals surface area (Å²) in [6.07, 6.45) is -9.69. The zero-order chi connectivity index (χ0) is 14.0. The average molecular weight is 272 g/mol. The quantitative estimate of drug-likeness (QED) is 0.622. The van der Waals surface area contributed by atoms with Crippen LogP contribution >= 0.6 is 0 Å². The van der Waals surface area contributed by atoms with Gasteiger partial charge in [-0.25, -0.2) is 0 Å². The largest absolute Gasteiger partial charge is 0.483 e. The lowest BCUT2D eigenvalue weighted by molar-refractivity contribution is -0.158. The molecule has 1 rings (SSSR count). The number of hydrogen-bond acceptors (Lipinski definition) is 2. The summed E-state index contributed by atoms with van der Waals surface area (Å²) in [4.78, 5) is 10.5. The Balaban J connectivity index is 3.17. The van der Waals surface area contributed by atoms with Gasteiger partial charge in [-0.15, -0.1) is 0 Å². The molecule has 0 heterocycles. The molecule has 2 nitrogen and oxygen atoms in total. The Morgan fingerprint density at radius 2 is 1.72 bits per heavy atom. The molecule has 18 heavy (non-hydrogen) atoms. The van der Waals surface area contributed by atoms with Gasteiger partial charge in [-0.05, 0) is 12.1 Å². The third kappa shape index (κ3) is 3.64. The van der Waals surface area contributed by atoms with Crippen molar-refractivity contribution in [1.82, 2.24) is 0 Å². The lowest BCUT2D eigenvalue weighted by Gasteiger charge is -2.16. The minimum atomic E-state index is -4.90. The predicted molar refractivity (Wildman–Crippen MR) is 48.4 cm³/mol. The highest BCUT2D eigenvalue weighted by atomic mass is 19.4. The second kappa shape index (κ2) is 4.87. The molecule has 100 valence electrons. The second-order valence-electron chi connectivity index (χ2n) is 3.24. The van der Waals surface area contributed by atoms with E-state index in [1.807, 2.05) is 0 Å².